The Balaban J connectivity index is 0.000000810. The van der Waals surface area contributed by atoms with Gasteiger partial charge in [-0.05, 0) is 0 Å². The minimum atomic E-state index is 0. The number of aromatic amines is 1. The smallest absolute Gasteiger partial charge is 0.252 e. The Morgan fingerprint density at radius 3 is 2.00 bits per heavy atom. The lowest BCUT2D eigenvalue weighted by Gasteiger charge is -1.82. The van der Waals surface area contributed by atoms with E-state index in [4.69, 9.17) is 0 Å². The van der Waals surface area contributed by atoms with Crippen LogP contribution in [-0.4, -0.2) is 4.98 Å². The summed E-state index contributed by atoms with van der Waals surface area (Å²) in [5.41, 5.74) is 0. The molecule has 0 aliphatic carbocycles. The van der Waals surface area contributed by atoms with Gasteiger partial charge < -0.3 is 17.0 Å². The van der Waals surface area contributed by atoms with Crippen molar-refractivity contribution in [1.29, 1.82) is 0 Å². The zero-order valence-electron chi connectivity index (χ0n) is 5.58. The first-order valence-corrected chi connectivity index (χ1v) is 4.11. The van der Waals surface area contributed by atoms with Crippen molar-refractivity contribution in [3.05, 3.63) is 15.0 Å². The molecular formula is C5H7Br3N2. The molecule has 0 aliphatic rings. The van der Waals surface area contributed by atoms with Crippen molar-refractivity contribution in [2.24, 2.45) is 7.05 Å². The molecule has 0 amide bonds. The highest BCUT2D eigenvalue weighted by molar-refractivity contribution is 9.13. The van der Waals surface area contributed by atoms with Gasteiger partial charge in [0.1, 0.15) is 0 Å². The number of aryl methyl sites for hydroxylation is 1. The van der Waals surface area contributed by atoms with Gasteiger partial charge in [-0.3, -0.25) is 0 Å². The molecular weight excluding hydrogens is 328 g/mol. The molecule has 2 nitrogen and oxygen atoms in total. The number of hydrogen-bond acceptors (Lipinski definition) is 0. The van der Waals surface area contributed by atoms with Crippen LogP contribution in [0.2, 0.25) is 0 Å². The molecule has 58 valence electrons. The average molecular weight is 335 g/mol. The van der Waals surface area contributed by atoms with Gasteiger partial charge in [0, 0.05) is 38.8 Å². The molecule has 0 saturated heterocycles. The molecule has 0 atom stereocenters. The summed E-state index contributed by atoms with van der Waals surface area (Å²) in [6.07, 6.45) is 0. The number of aromatic nitrogens is 2. The first-order valence-electron chi connectivity index (χ1n) is 2.52. The number of H-pyrrole nitrogens is 1. The van der Waals surface area contributed by atoms with Gasteiger partial charge in [-0.15, -0.1) is 0 Å². The number of halogens is 3. The molecule has 0 radical (unpaired) electrons. The number of hydrogen-bond donors (Lipinski definition) is 1. The molecule has 1 rings (SSSR count). The summed E-state index contributed by atoms with van der Waals surface area (Å²) in [5.74, 6) is 1.12. The second-order valence-electron chi connectivity index (χ2n) is 1.87. The highest BCUT2D eigenvalue weighted by Gasteiger charge is 2.12. The van der Waals surface area contributed by atoms with E-state index in [0.29, 0.717) is 0 Å². The van der Waals surface area contributed by atoms with Crippen LogP contribution in [0.25, 0.3) is 0 Å². The van der Waals surface area contributed by atoms with Gasteiger partial charge in [0.05, 0.1) is 7.05 Å². The molecule has 10 heavy (non-hydrogen) atoms. The third kappa shape index (κ3) is 1.83. The lowest BCUT2D eigenvalue weighted by atomic mass is 10.7. The molecule has 0 unspecified atom stereocenters. The van der Waals surface area contributed by atoms with Gasteiger partial charge in [-0.1, -0.05) is 0 Å². The predicted molar refractivity (Wildman–Crippen MR) is 42.1 cm³/mol. The summed E-state index contributed by atoms with van der Waals surface area (Å²) < 4.78 is 4.05. The van der Waals surface area contributed by atoms with Crippen molar-refractivity contribution in [1.82, 2.24) is 4.98 Å². The summed E-state index contributed by atoms with van der Waals surface area (Å²) in [4.78, 5) is 3.11. The van der Waals surface area contributed by atoms with E-state index in [0.717, 1.165) is 15.0 Å². The predicted octanol–water partition coefficient (Wildman–Crippen LogP) is -1.32. The standard InChI is InChI=1S/C5H6Br2N2.BrH/c1-3-8-4(6)5(7)9(3)2;/h1-2H3;1H. The average Bonchev–Trinajstić information content (AvgIpc) is 1.98. The first-order chi connectivity index (χ1) is 4.13. The molecule has 1 heterocycles. The maximum absolute atomic E-state index is 3.38. The Kier molecular flexibility index (Phi) is 4.13. The SMILES string of the molecule is Cc1[nH]c(Br)c(Br)[n+]1C.[Br-]. The maximum atomic E-state index is 3.38. The molecule has 0 spiro atoms. The summed E-state index contributed by atoms with van der Waals surface area (Å²) in [6, 6.07) is 0. The van der Waals surface area contributed by atoms with Crippen LogP contribution in [0.5, 0.6) is 0 Å². The van der Waals surface area contributed by atoms with E-state index in [1.165, 1.54) is 0 Å². The van der Waals surface area contributed by atoms with E-state index < -0.39 is 0 Å². The molecule has 1 aromatic heterocycles. The van der Waals surface area contributed by atoms with Crippen LogP contribution in [0, 0.1) is 6.92 Å². The van der Waals surface area contributed by atoms with Crippen LogP contribution in [0.15, 0.2) is 9.21 Å². The molecule has 0 aromatic carbocycles. The fourth-order valence-electron chi connectivity index (χ4n) is 0.589. The Labute approximate surface area is 87.0 Å². The van der Waals surface area contributed by atoms with Crippen molar-refractivity contribution in [2.75, 3.05) is 0 Å². The van der Waals surface area contributed by atoms with Crippen LogP contribution in [0.4, 0.5) is 0 Å². The highest BCUT2D eigenvalue weighted by atomic mass is 79.9. The normalized spacial score (nSPS) is 9.20. The number of nitrogens with one attached hydrogen (secondary N) is 1. The monoisotopic (exact) mass is 332 g/mol. The molecule has 0 aliphatic heterocycles. The molecule has 5 heteroatoms. The van der Waals surface area contributed by atoms with Gasteiger partial charge in [0.2, 0.25) is 9.21 Å². The Morgan fingerprint density at radius 2 is 1.90 bits per heavy atom. The van der Waals surface area contributed by atoms with E-state index in [-0.39, 0.29) is 17.0 Å². The molecule has 0 bridgehead atoms. The van der Waals surface area contributed by atoms with E-state index in [1.807, 2.05) is 18.5 Å². The zero-order chi connectivity index (χ0) is 7.02. The Morgan fingerprint density at radius 1 is 1.40 bits per heavy atom. The van der Waals surface area contributed by atoms with E-state index >= 15 is 0 Å². The lowest BCUT2D eigenvalue weighted by molar-refractivity contribution is -0.687. The minimum absolute atomic E-state index is 0. The van der Waals surface area contributed by atoms with Gasteiger partial charge in [-0.2, -0.15) is 0 Å². The molecule has 0 fully saturated rings. The second kappa shape index (κ2) is 3.88. The van der Waals surface area contributed by atoms with Gasteiger partial charge >= 0.3 is 0 Å². The topological polar surface area (TPSA) is 19.7 Å². The zero-order valence-corrected chi connectivity index (χ0v) is 10.3. The largest absolute Gasteiger partial charge is 1.00 e. The summed E-state index contributed by atoms with van der Waals surface area (Å²) in [6.45, 7) is 2.01. The Bertz CT molecular complexity index is 209. The third-order valence-corrected chi connectivity index (χ3v) is 3.30. The van der Waals surface area contributed by atoms with Crippen LogP contribution in [-0.2, 0) is 7.05 Å². The molecule has 0 saturated carbocycles. The van der Waals surface area contributed by atoms with E-state index in [1.54, 1.807) is 0 Å². The lowest BCUT2D eigenvalue weighted by Crippen LogP contribution is -3.00. The second-order valence-corrected chi connectivity index (χ2v) is 3.42. The van der Waals surface area contributed by atoms with Crippen LogP contribution >= 0.6 is 31.9 Å². The number of imidazole rings is 1. The highest BCUT2D eigenvalue weighted by Crippen LogP contribution is 2.16. The summed E-state index contributed by atoms with van der Waals surface area (Å²) >= 11 is 6.73. The Hall–Kier alpha value is 0.650. The van der Waals surface area contributed by atoms with Crippen LogP contribution in [0.3, 0.4) is 0 Å². The fraction of sp³-hybridized carbons (Fsp3) is 0.400. The van der Waals surface area contributed by atoms with Gasteiger partial charge in [-0.25, -0.2) is 9.55 Å². The first kappa shape index (κ1) is 10.7. The third-order valence-electron chi connectivity index (χ3n) is 1.27. The quantitative estimate of drug-likeness (QED) is 0.568. The summed E-state index contributed by atoms with van der Waals surface area (Å²) in [7, 11) is 1.99. The van der Waals surface area contributed by atoms with Gasteiger partial charge in [0.15, 0.2) is 0 Å². The van der Waals surface area contributed by atoms with Crippen molar-refractivity contribution in [3.8, 4) is 0 Å². The van der Waals surface area contributed by atoms with E-state index in [9.17, 15) is 0 Å². The van der Waals surface area contributed by atoms with Crippen molar-refractivity contribution >= 4 is 31.9 Å². The fourth-order valence-corrected chi connectivity index (χ4v) is 1.51. The van der Waals surface area contributed by atoms with Crippen molar-refractivity contribution in [3.63, 3.8) is 0 Å². The van der Waals surface area contributed by atoms with Gasteiger partial charge in [0.25, 0.3) is 5.82 Å². The minimum Gasteiger partial charge on any atom is -1.00 e. The van der Waals surface area contributed by atoms with Crippen LogP contribution in [0.1, 0.15) is 5.82 Å². The molecule has 1 N–H and O–H groups in total. The van der Waals surface area contributed by atoms with E-state index in [2.05, 4.69) is 36.8 Å². The number of rotatable bonds is 0. The maximum Gasteiger partial charge on any atom is 0.252 e. The van der Waals surface area contributed by atoms with Crippen LogP contribution < -0.4 is 21.5 Å². The molecule has 1 aromatic rings. The van der Waals surface area contributed by atoms with Crippen molar-refractivity contribution < 1.29 is 21.5 Å². The van der Waals surface area contributed by atoms with Crippen molar-refractivity contribution in [2.45, 2.75) is 6.92 Å². The summed E-state index contributed by atoms with van der Waals surface area (Å²) in [5, 5.41) is 0. The number of nitrogens with zero attached hydrogens (tertiary/aromatic N) is 1.